The fraction of sp³-hybridized carbons (Fsp3) is 0.833. The Kier molecular flexibility index (Phi) is 4.88. The predicted molar refractivity (Wildman–Crippen MR) is 34.4 cm³/mol. The lowest BCUT2D eigenvalue weighted by molar-refractivity contribution is -0.160. The van der Waals surface area contributed by atoms with Gasteiger partial charge in [0.15, 0.2) is 6.10 Å². The van der Waals surface area contributed by atoms with Crippen LogP contribution in [0.1, 0.15) is 6.92 Å². The van der Waals surface area contributed by atoms with Crippen LogP contribution in [0.5, 0.6) is 0 Å². The number of methoxy groups -OCH3 is 2. The van der Waals surface area contributed by atoms with E-state index in [-0.39, 0.29) is 6.79 Å². The van der Waals surface area contributed by atoms with Crippen LogP contribution in [0.4, 0.5) is 0 Å². The molecular formula is C6H12O4. The average molecular weight is 148 g/mol. The van der Waals surface area contributed by atoms with Crippen LogP contribution in [0.3, 0.4) is 0 Å². The van der Waals surface area contributed by atoms with Crippen LogP contribution in [0, 0.1) is 0 Å². The van der Waals surface area contributed by atoms with E-state index in [4.69, 9.17) is 4.74 Å². The zero-order valence-electron chi connectivity index (χ0n) is 6.42. The van der Waals surface area contributed by atoms with E-state index >= 15 is 0 Å². The fourth-order valence-corrected chi connectivity index (χ4v) is 0.404. The van der Waals surface area contributed by atoms with Crippen molar-refractivity contribution in [3.05, 3.63) is 0 Å². The first-order valence-electron chi connectivity index (χ1n) is 2.90. The molecule has 0 bridgehead atoms. The summed E-state index contributed by atoms with van der Waals surface area (Å²) in [5.41, 5.74) is 0. The van der Waals surface area contributed by atoms with E-state index in [2.05, 4.69) is 9.47 Å². The molecule has 1 atom stereocenters. The molecule has 10 heavy (non-hydrogen) atoms. The summed E-state index contributed by atoms with van der Waals surface area (Å²) in [6.07, 6.45) is -0.551. The van der Waals surface area contributed by atoms with Gasteiger partial charge in [0.25, 0.3) is 0 Å². The molecule has 0 saturated heterocycles. The second-order valence-electron chi connectivity index (χ2n) is 1.74. The van der Waals surface area contributed by atoms with Gasteiger partial charge in [0.1, 0.15) is 6.79 Å². The Balaban J connectivity index is 3.41. The van der Waals surface area contributed by atoms with Crippen molar-refractivity contribution in [3.63, 3.8) is 0 Å². The third-order valence-electron chi connectivity index (χ3n) is 0.969. The van der Waals surface area contributed by atoms with Crippen LogP contribution in [0.25, 0.3) is 0 Å². The summed E-state index contributed by atoms with van der Waals surface area (Å²) in [6.45, 7) is 1.71. The Hall–Kier alpha value is -0.610. The molecular weight excluding hydrogens is 136 g/mol. The Bertz CT molecular complexity index is 102. The normalized spacial score (nSPS) is 12.7. The van der Waals surface area contributed by atoms with E-state index < -0.39 is 12.1 Å². The quantitative estimate of drug-likeness (QED) is 0.421. The van der Waals surface area contributed by atoms with Gasteiger partial charge < -0.3 is 14.2 Å². The fourth-order valence-electron chi connectivity index (χ4n) is 0.404. The van der Waals surface area contributed by atoms with E-state index in [9.17, 15) is 4.79 Å². The SMILES string of the molecule is COCO[C@@H](C)C(=O)OC. The van der Waals surface area contributed by atoms with E-state index in [1.165, 1.54) is 14.2 Å². The summed E-state index contributed by atoms with van der Waals surface area (Å²) in [5.74, 6) is -0.392. The highest BCUT2D eigenvalue weighted by Gasteiger charge is 2.11. The van der Waals surface area contributed by atoms with E-state index in [1.54, 1.807) is 6.92 Å². The zero-order valence-corrected chi connectivity index (χ0v) is 6.42. The predicted octanol–water partition coefficient (Wildman–Crippen LogP) is 0.168. The summed E-state index contributed by atoms with van der Waals surface area (Å²) < 4.78 is 13.8. The molecule has 0 radical (unpaired) electrons. The van der Waals surface area contributed by atoms with Crippen molar-refractivity contribution in [1.82, 2.24) is 0 Å². The Morgan fingerprint density at radius 3 is 2.50 bits per heavy atom. The summed E-state index contributed by atoms with van der Waals surface area (Å²) in [4.78, 5) is 10.6. The van der Waals surface area contributed by atoms with Crippen LogP contribution in [-0.2, 0) is 19.0 Å². The molecule has 0 fully saturated rings. The molecule has 60 valence electrons. The largest absolute Gasteiger partial charge is 0.467 e. The van der Waals surface area contributed by atoms with E-state index in [1.807, 2.05) is 0 Å². The lowest BCUT2D eigenvalue weighted by atomic mass is 10.4. The van der Waals surface area contributed by atoms with Crippen LogP contribution >= 0.6 is 0 Å². The molecule has 0 heterocycles. The molecule has 0 aliphatic carbocycles. The second-order valence-corrected chi connectivity index (χ2v) is 1.74. The van der Waals surface area contributed by atoms with Crippen molar-refractivity contribution >= 4 is 5.97 Å². The molecule has 0 aromatic heterocycles. The maximum atomic E-state index is 10.6. The van der Waals surface area contributed by atoms with Gasteiger partial charge >= 0.3 is 5.97 Å². The molecule has 0 spiro atoms. The molecule has 0 rings (SSSR count). The molecule has 4 heteroatoms. The maximum absolute atomic E-state index is 10.6. The van der Waals surface area contributed by atoms with Crippen LogP contribution in [-0.4, -0.2) is 33.1 Å². The van der Waals surface area contributed by atoms with Gasteiger partial charge in [-0.25, -0.2) is 4.79 Å². The number of esters is 1. The number of hydrogen-bond acceptors (Lipinski definition) is 4. The van der Waals surface area contributed by atoms with Gasteiger partial charge in [0.2, 0.25) is 0 Å². The van der Waals surface area contributed by atoms with Gasteiger partial charge in [-0.2, -0.15) is 0 Å². The van der Waals surface area contributed by atoms with Crippen LogP contribution in [0.2, 0.25) is 0 Å². The molecule has 0 aliphatic heterocycles. The lowest BCUT2D eigenvalue weighted by Crippen LogP contribution is -2.22. The first-order chi connectivity index (χ1) is 4.72. The molecule has 0 amide bonds. The molecule has 0 aromatic carbocycles. The number of carbonyl (C=O) groups excluding carboxylic acids is 1. The molecule has 0 unspecified atom stereocenters. The summed E-state index contributed by atoms with van der Waals surface area (Å²) in [6, 6.07) is 0. The number of ether oxygens (including phenoxy) is 3. The van der Waals surface area contributed by atoms with E-state index in [0.717, 1.165) is 0 Å². The molecule has 0 saturated carbocycles. The topological polar surface area (TPSA) is 44.8 Å². The zero-order chi connectivity index (χ0) is 7.98. The highest BCUT2D eigenvalue weighted by Crippen LogP contribution is 1.92. The summed E-state index contributed by atoms with van der Waals surface area (Å²) in [5, 5.41) is 0. The van der Waals surface area contributed by atoms with Gasteiger partial charge in [0.05, 0.1) is 7.11 Å². The summed E-state index contributed by atoms with van der Waals surface area (Å²) >= 11 is 0. The Morgan fingerprint density at radius 2 is 2.10 bits per heavy atom. The average Bonchev–Trinajstić information content (AvgIpc) is 1.98. The first kappa shape index (κ1) is 9.39. The summed E-state index contributed by atoms with van der Waals surface area (Å²) in [7, 11) is 2.80. The van der Waals surface area contributed by atoms with Crippen molar-refractivity contribution in [1.29, 1.82) is 0 Å². The molecule has 0 aromatic rings. The van der Waals surface area contributed by atoms with Gasteiger partial charge in [-0.1, -0.05) is 0 Å². The van der Waals surface area contributed by atoms with Gasteiger partial charge in [-0.3, -0.25) is 0 Å². The second kappa shape index (κ2) is 5.20. The smallest absolute Gasteiger partial charge is 0.334 e. The minimum Gasteiger partial charge on any atom is -0.467 e. The van der Waals surface area contributed by atoms with Gasteiger partial charge in [-0.05, 0) is 6.92 Å². The molecule has 4 nitrogen and oxygen atoms in total. The van der Waals surface area contributed by atoms with Crippen molar-refractivity contribution in [3.8, 4) is 0 Å². The Labute approximate surface area is 60.1 Å². The molecule has 0 N–H and O–H groups in total. The van der Waals surface area contributed by atoms with Crippen molar-refractivity contribution in [2.24, 2.45) is 0 Å². The van der Waals surface area contributed by atoms with Crippen molar-refractivity contribution in [2.45, 2.75) is 13.0 Å². The minimum absolute atomic E-state index is 0.107. The first-order valence-corrected chi connectivity index (χ1v) is 2.90. The monoisotopic (exact) mass is 148 g/mol. The van der Waals surface area contributed by atoms with Crippen LogP contribution in [0.15, 0.2) is 0 Å². The van der Waals surface area contributed by atoms with Gasteiger partial charge in [0, 0.05) is 7.11 Å². The maximum Gasteiger partial charge on any atom is 0.334 e. The highest BCUT2D eigenvalue weighted by molar-refractivity contribution is 5.73. The van der Waals surface area contributed by atoms with Gasteiger partial charge in [-0.15, -0.1) is 0 Å². The number of hydrogen-bond donors (Lipinski definition) is 0. The Morgan fingerprint density at radius 1 is 1.50 bits per heavy atom. The van der Waals surface area contributed by atoms with E-state index in [0.29, 0.717) is 0 Å². The van der Waals surface area contributed by atoms with Crippen molar-refractivity contribution < 1.29 is 19.0 Å². The lowest BCUT2D eigenvalue weighted by Gasteiger charge is -2.08. The number of rotatable bonds is 4. The third kappa shape index (κ3) is 3.42. The standard InChI is InChI=1S/C6H12O4/c1-5(6(7)9-3)10-4-8-2/h5H,4H2,1-3H3/t5-/m0/s1. The molecule has 0 aliphatic rings. The third-order valence-corrected chi connectivity index (χ3v) is 0.969. The minimum atomic E-state index is -0.551. The van der Waals surface area contributed by atoms with Crippen molar-refractivity contribution in [2.75, 3.05) is 21.0 Å². The highest BCUT2D eigenvalue weighted by atomic mass is 16.7. The number of carbonyl (C=O) groups is 1. The van der Waals surface area contributed by atoms with Crippen LogP contribution < -0.4 is 0 Å².